The Morgan fingerprint density at radius 3 is 2.14 bits per heavy atom. The highest BCUT2D eigenvalue weighted by Gasteiger charge is 2.41. The van der Waals surface area contributed by atoms with Gasteiger partial charge in [-0.15, -0.1) is 0 Å². The Bertz CT molecular complexity index is 159. The van der Waals surface area contributed by atoms with Gasteiger partial charge in [0, 0.05) is 0 Å². The van der Waals surface area contributed by atoms with Crippen molar-refractivity contribution in [3.8, 4) is 0 Å². The molecule has 1 fully saturated rings. The van der Waals surface area contributed by atoms with Crippen molar-refractivity contribution in [1.82, 2.24) is 5.32 Å². The molecule has 0 aromatic carbocycles. The fourth-order valence-corrected chi connectivity index (χ4v) is 2.04. The van der Waals surface area contributed by atoms with Crippen molar-refractivity contribution in [2.24, 2.45) is 11.8 Å². The van der Waals surface area contributed by atoms with E-state index in [1.165, 1.54) is 0 Å². The van der Waals surface area contributed by atoms with Crippen LogP contribution in [0.15, 0.2) is 0 Å². The maximum absolute atomic E-state index is 12.3. The monoisotopic (exact) mass is 209 g/mol. The average molecular weight is 209 g/mol. The first kappa shape index (κ1) is 11.8. The van der Waals surface area contributed by atoms with Crippen LogP contribution in [0, 0.1) is 11.8 Å². The normalized spacial score (nSPS) is 29.1. The molecule has 0 radical (unpaired) electrons. The summed E-state index contributed by atoms with van der Waals surface area (Å²) in [6.07, 6.45) is -1.89. The molecule has 0 aliphatic heterocycles. The molecular weight excluding hydrogens is 191 g/mol. The third-order valence-corrected chi connectivity index (χ3v) is 2.99. The molecule has 0 spiro atoms. The highest BCUT2D eigenvalue weighted by atomic mass is 19.4. The Morgan fingerprint density at radius 2 is 1.71 bits per heavy atom. The van der Waals surface area contributed by atoms with Crippen LogP contribution in [0.5, 0.6) is 0 Å². The predicted molar refractivity (Wildman–Crippen MR) is 50.0 cm³/mol. The van der Waals surface area contributed by atoms with E-state index in [4.69, 9.17) is 0 Å². The number of alkyl halides is 3. The van der Waals surface area contributed by atoms with Gasteiger partial charge in [-0.3, -0.25) is 0 Å². The Balaban J connectivity index is 2.24. The van der Waals surface area contributed by atoms with Gasteiger partial charge in [0.1, 0.15) is 0 Å². The number of rotatable bonds is 3. The summed E-state index contributed by atoms with van der Waals surface area (Å²) < 4.78 is 36.9. The van der Waals surface area contributed by atoms with E-state index in [2.05, 4.69) is 5.32 Å². The molecule has 0 bridgehead atoms. The first-order valence-electron chi connectivity index (χ1n) is 5.31. The second kappa shape index (κ2) is 5.01. The van der Waals surface area contributed by atoms with Crippen molar-refractivity contribution in [1.29, 1.82) is 0 Å². The molecule has 0 atom stereocenters. The highest BCUT2D eigenvalue weighted by molar-refractivity contribution is 4.77. The molecule has 1 rings (SSSR count). The van der Waals surface area contributed by atoms with Crippen LogP contribution < -0.4 is 5.32 Å². The highest BCUT2D eigenvalue weighted by Crippen LogP contribution is 2.39. The quantitative estimate of drug-likeness (QED) is 0.753. The smallest absolute Gasteiger partial charge is 0.317 e. The standard InChI is InChI=1S/C10H18F3N/c1-2-14-7-8-3-5-9(6-4-8)10(11,12)13/h8-9,14H,2-7H2,1H3. The van der Waals surface area contributed by atoms with Gasteiger partial charge < -0.3 is 5.32 Å². The van der Waals surface area contributed by atoms with Crippen LogP contribution in [-0.2, 0) is 0 Å². The molecule has 0 heterocycles. The molecule has 0 aromatic heterocycles. The SMILES string of the molecule is CCNCC1CCC(C(F)(F)F)CC1. The maximum Gasteiger partial charge on any atom is 0.391 e. The van der Waals surface area contributed by atoms with E-state index in [0.717, 1.165) is 25.9 Å². The molecular formula is C10H18F3N. The van der Waals surface area contributed by atoms with Gasteiger partial charge in [0.15, 0.2) is 0 Å². The topological polar surface area (TPSA) is 12.0 Å². The van der Waals surface area contributed by atoms with Crippen LogP contribution >= 0.6 is 0 Å². The van der Waals surface area contributed by atoms with E-state index >= 15 is 0 Å². The van der Waals surface area contributed by atoms with E-state index in [1.807, 2.05) is 6.92 Å². The zero-order valence-electron chi connectivity index (χ0n) is 8.53. The lowest BCUT2D eigenvalue weighted by Gasteiger charge is -2.29. The van der Waals surface area contributed by atoms with Crippen LogP contribution in [0.3, 0.4) is 0 Å². The summed E-state index contributed by atoms with van der Waals surface area (Å²) in [5.74, 6) is -0.589. The van der Waals surface area contributed by atoms with Crippen LogP contribution in [0.25, 0.3) is 0 Å². The molecule has 1 nitrogen and oxygen atoms in total. The summed E-state index contributed by atoms with van der Waals surface area (Å²) >= 11 is 0. The third-order valence-electron chi connectivity index (χ3n) is 2.99. The fraction of sp³-hybridized carbons (Fsp3) is 1.00. The lowest BCUT2D eigenvalue weighted by atomic mass is 9.81. The number of halogens is 3. The van der Waals surface area contributed by atoms with Crippen LogP contribution in [0.4, 0.5) is 13.2 Å². The minimum absolute atomic E-state index is 0.319. The first-order valence-corrected chi connectivity index (χ1v) is 5.31. The van der Waals surface area contributed by atoms with Gasteiger partial charge in [0.25, 0.3) is 0 Å². The molecule has 0 aromatic rings. The van der Waals surface area contributed by atoms with Gasteiger partial charge in [-0.2, -0.15) is 13.2 Å². The predicted octanol–water partition coefficient (Wildman–Crippen LogP) is 2.96. The van der Waals surface area contributed by atoms with Crippen molar-refractivity contribution in [3.63, 3.8) is 0 Å². The summed E-state index contributed by atoms with van der Waals surface area (Å²) in [6.45, 7) is 3.79. The Morgan fingerprint density at radius 1 is 1.14 bits per heavy atom. The zero-order chi connectivity index (χ0) is 10.6. The minimum atomic E-state index is -3.97. The second-order valence-corrected chi connectivity index (χ2v) is 4.07. The van der Waals surface area contributed by atoms with Gasteiger partial charge in [0.05, 0.1) is 5.92 Å². The van der Waals surface area contributed by atoms with Crippen molar-refractivity contribution in [3.05, 3.63) is 0 Å². The molecule has 1 aliphatic carbocycles. The molecule has 1 saturated carbocycles. The summed E-state index contributed by atoms with van der Waals surface area (Å²) in [7, 11) is 0. The fourth-order valence-electron chi connectivity index (χ4n) is 2.04. The molecule has 0 amide bonds. The van der Waals surface area contributed by atoms with Gasteiger partial charge in [-0.1, -0.05) is 6.92 Å². The maximum atomic E-state index is 12.3. The van der Waals surface area contributed by atoms with E-state index < -0.39 is 12.1 Å². The van der Waals surface area contributed by atoms with Crippen molar-refractivity contribution < 1.29 is 13.2 Å². The first-order chi connectivity index (χ1) is 6.54. The third kappa shape index (κ3) is 3.48. The zero-order valence-corrected chi connectivity index (χ0v) is 8.53. The van der Waals surface area contributed by atoms with Crippen LogP contribution in [-0.4, -0.2) is 19.3 Å². The Kier molecular flexibility index (Phi) is 4.23. The van der Waals surface area contributed by atoms with Crippen LogP contribution in [0.1, 0.15) is 32.6 Å². The molecule has 0 unspecified atom stereocenters. The molecule has 84 valence electrons. The Labute approximate surface area is 83.1 Å². The van der Waals surface area contributed by atoms with Crippen LogP contribution in [0.2, 0.25) is 0 Å². The molecule has 4 heteroatoms. The molecule has 1 N–H and O–H groups in total. The molecule has 0 saturated heterocycles. The number of nitrogens with one attached hydrogen (secondary N) is 1. The second-order valence-electron chi connectivity index (χ2n) is 4.07. The van der Waals surface area contributed by atoms with E-state index in [9.17, 15) is 13.2 Å². The lowest BCUT2D eigenvalue weighted by Crippen LogP contribution is -2.31. The van der Waals surface area contributed by atoms with Crippen molar-refractivity contribution in [2.45, 2.75) is 38.8 Å². The van der Waals surface area contributed by atoms with Gasteiger partial charge in [-0.25, -0.2) is 0 Å². The Hall–Kier alpha value is -0.250. The summed E-state index contributed by atoms with van der Waals surface area (Å²) in [5.41, 5.74) is 0. The molecule has 1 aliphatic rings. The summed E-state index contributed by atoms with van der Waals surface area (Å²) in [4.78, 5) is 0. The lowest BCUT2D eigenvalue weighted by molar-refractivity contribution is -0.183. The number of hydrogen-bond donors (Lipinski definition) is 1. The van der Waals surface area contributed by atoms with Crippen molar-refractivity contribution in [2.75, 3.05) is 13.1 Å². The van der Waals surface area contributed by atoms with Crippen molar-refractivity contribution >= 4 is 0 Å². The molecule has 14 heavy (non-hydrogen) atoms. The van der Waals surface area contributed by atoms with E-state index in [1.54, 1.807) is 0 Å². The van der Waals surface area contributed by atoms with Gasteiger partial charge >= 0.3 is 6.18 Å². The summed E-state index contributed by atoms with van der Waals surface area (Å²) in [5, 5.41) is 3.19. The summed E-state index contributed by atoms with van der Waals surface area (Å²) in [6, 6.07) is 0. The average Bonchev–Trinajstić information content (AvgIpc) is 2.14. The van der Waals surface area contributed by atoms with Gasteiger partial charge in [-0.05, 0) is 44.7 Å². The van der Waals surface area contributed by atoms with E-state index in [-0.39, 0.29) is 0 Å². The van der Waals surface area contributed by atoms with Gasteiger partial charge in [0.2, 0.25) is 0 Å². The minimum Gasteiger partial charge on any atom is -0.317 e. The largest absolute Gasteiger partial charge is 0.391 e. The van der Waals surface area contributed by atoms with E-state index in [0.29, 0.717) is 18.8 Å². The number of hydrogen-bond acceptors (Lipinski definition) is 1.